The number of rotatable bonds is 0. The van der Waals surface area contributed by atoms with Crippen molar-refractivity contribution in [2.45, 2.75) is 13.8 Å². The standard InChI is InChI=1S/C9H9N3O/c1-5-3-7-8(12-9(5)13)10-4-6(2)11-7/h3-4H,1-2H3,(H,10,12,13). The first-order chi connectivity index (χ1) is 6.16. The Balaban J connectivity index is 2.89. The minimum atomic E-state index is -0.106. The van der Waals surface area contributed by atoms with E-state index in [1.54, 1.807) is 19.2 Å². The summed E-state index contributed by atoms with van der Waals surface area (Å²) in [6.07, 6.45) is 1.63. The molecule has 0 unspecified atom stereocenters. The fourth-order valence-corrected chi connectivity index (χ4v) is 1.17. The van der Waals surface area contributed by atoms with Crippen molar-refractivity contribution in [2.24, 2.45) is 0 Å². The SMILES string of the molecule is Cc1cnc2[nH]c(=O)c(C)cc2n1. The Bertz CT molecular complexity index is 516. The van der Waals surface area contributed by atoms with Gasteiger partial charge in [-0.25, -0.2) is 9.97 Å². The fourth-order valence-electron chi connectivity index (χ4n) is 1.17. The first kappa shape index (κ1) is 7.91. The summed E-state index contributed by atoms with van der Waals surface area (Å²) in [5.74, 6) is 0. The van der Waals surface area contributed by atoms with Crippen LogP contribution in [0, 0.1) is 13.8 Å². The maximum absolute atomic E-state index is 11.2. The summed E-state index contributed by atoms with van der Waals surface area (Å²) in [7, 11) is 0. The monoisotopic (exact) mass is 175 g/mol. The summed E-state index contributed by atoms with van der Waals surface area (Å²) in [6, 6.07) is 1.74. The van der Waals surface area contributed by atoms with Crippen molar-refractivity contribution in [3.05, 3.63) is 33.9 Å². The average molecular weight is 175 g/mol. The van der Waals surface area contributed by atoms with Gasteiger partial charge >= 0.3 is 0 Å². The first-order valence-electron chi connectivity index (χ1n) is 4.00. The molecule has 0 bridgehead atoms. The zero-order chi connectivity index (χ0) is 9.42. The van der Waals surface area contributed by atoms with Gasteiger partial charge in [-0.2, -0.15) is 0 Å². The Kier molecular flexibility index (Phi) is 1.62. The van der Waals surface area contributed by atoms with Gasteiger partial charge in [-0.1, -0.05) is 0 Å². The molecule has 2 aromatic heterocycles. The second-order valence-electron chi connectivity index (χ2n) is 3.03. The predicted octanol–water partition coefficient (Wildman–Crippen LogP) is 0.935. The average Bonchev–Trinajstić information content (AvgIpc) is 2.08. The molecule has 4 nitrogen and oxygen atoms in total. The second kappa shape index (κ2) is 2.65. The molecular formula is C9H9N3O. The fraction of sp³-hybridized carbons (Fsp3) is 0.222. The summed E-state index contributed by atoms with van der Waals surface area (Å²) >= 11 is 0. The van der Waals surface area contributed by atoms with Crippen LogP contribution < -0.4 is 5.56 Å². The van der Waals surface area contributed by atoms with E-state index < -0.39 is 0 Å². The predicted molar refractivity (Wildman–Crippen MR) is 49.6 cm³/mol. The number of hydrogen-bond donors (Lipinski definition) is 1. The molecule has 0 saturated heterocycles. The van der Waals surface area contributed by atoms with Crippen LogP contribution >= 0.6 is 0 Å². The van der Waals surface area contributed by atoms with Crippen molar-refractivity contribution < 1.29 is 0 Å². The quantitative estimate of drug-likeness (QED) is 0.648. The van der Waals surface area contributed by atoms with Gasteiger partial charge in [0.25, 0.3) is 5.56 Å². The molecule has 0 fully saturated rings. The zero-order valence-electron chi connectivity index (χ0n) is 7.46. The highest BCUT2D eigenvalue weighted by Gasteiger charge is 2.00. The van der Waals surface area contributed by atoms with Crippen LogP contribution in [0.5, 0.6) is 0 Å². The Morgan fingerprint density at radius 2 is 2.15 bits per heavy atom. The number of nitrogens with one attached hydrogen (secondary N) is 1. The van der Waals surface area contributed by atoms with E-state index in [1.165, 1.54) is 0 Å². The van der Waals surface area contributed by atoms with E-state index in [-0.39, 0.29) is 5.56 Å². The molecule has 0 aliphatic rings. The van der Waals surface area contributed by atoms with Gasteiger partial charge in [-0.05, 0) is 19.9 Å². The highest BCUT2D eigenvalue weighted by atomic mass is 16.1. The van der Waals surface area contributed by atoms with Gasteiger partial charge in [0.15, 0.2) is 5.65 Å². The van der Waals surface area contributed by atoms with Gasteiger partial charge in [0.05, 0.1) is 11.9 Å². The molecule has 2 aromatic rings. The van der Waals surface area contributed by atoms with Gasteiger partial charge in [-0.3, -0.25) is 4.79 Å². The lowest BCUT2D eigenvalue weighted by atomic mass is 10.3. The van der Waals surface area contributed by atoms with Crippen LogP contribution in [0.15, 0.2) is 17.1 Å². The zero-order valence-corrected chi connectivity index (χ0v) is 7.46. The summed E-state index contributed by atoms with van der Waals surface area (Å²) < 4.78 is 0. The molecule has 4 heteroatoms. The third-order valence-corrected chi connectivity index (χ3v) is 1.86. The van der Waals surface area contributed by atoms with E-state index >= 15 is 0 Å². The third-order valence-electron chi connectivity index (χ3n) is 1.86. The molecule has 0 spiro atoms. The molecule has 13 heavy (non-hydrogen) atoms. The van der Waals surface area contributed by atoms with E-state index in [9.17, 15) is 4.79 Å². The number of H-pyrrole nitrogens is 1. The van der Waals surface area contributed by atoms with Crippen molar-refractivity contribution in [2.75, 3.05) is 0 Å². The number of hydrogen-bond acceptors (Lipinski definition) is 3. The van der Waals surface area contributed by atoms with E-state index in [1.807, 2.05) is 6.92 Å². The smallest absolute Gasteiger partial charge is 0.252 e. The molecule has 2 rings (SSSR count). The lowest BCUT2D eigenvalue weighted by molar-refractivity contribution is 1.12. The number of aromatic amines is 1. The van der Waals surface area contributed by atoms with Gasteiger partial charge < -0.3 is 4.98 Å². The largest absolute Gasteiger partial charge is 0.305 e. The van der Waals surface area contributed by atoms with E-state index in [0.717, 1.165) is 11.2 Å². The number of pyridine rings is 1. The minimum Gasteiger partial charge on any atom is -0.305 e. The second-order valence-corrected chi connectivity index (χ2v) is 3.03. The highest BCUT2D eigenvalue weighted by molar-refractivity contribution is 5.69. The van der Waals surface area contributed by atoms with Crippen molar-refractivity contribution in [1.29, 1.82) is 0 Å². The lowest BCUT2D eigenvalue weighted by Gasteiger charge is -1.98. The normalized spacial score (nSPS) is 10.6. The minimum absolute atomic E-state index is 0.106. The van der Waals surface area contributed by atoms with Crippen molar-refractivity contribution in [3.8, 4) is 0 Å². The maximum Gasteiger partial charge on any atom is 0.252 e. The summed E-state index contributed by atoms with van der Waals surface area (Å²) in [5.41, 5.74) is 2.68. The lowest BCUT2D eigenvalue weighted by Crippen LogP contribution is -2.10. The molecule has 0 aromatic carbocycles. The number of aryl methyl sites for hydroxylation is 2. The van der Waals surface area contributed by atoms with E-state index in [2.05, 4.69) is 15.0 Å². The molecular weight excluding hydrogens is 166 g/mol. The van der Waals surface area contributed by atoms with Crippen molar-refractivity contribution >= 4 is 11.2 Å². The summed E-state index contributed by atoms with van der Waals surface area (Å²) in [4.78, 5) is 22.2. The Morgan fingerprint density at radius 3 is 2.92 bits per heavy atom. The topological polar surface area (TPSA) is 58.6 Å². The molecule has 0 atom stereocenters. The molecule has 0 aliphatic heterocycles. The van der Waals surface area contributed by atoms with Crippen LogP contribution in [0.1, 0.15) is 11.3 Å². The molecule has 0 amide bonds. The number of nitrogens with zero attached hydrogens (tertiary/aromatic N) is 2. The van der Waals surface area contributed by atoms with Gasteiger partial charge in [0.1, 0.15) is 5.52 Å². The Labute approximate surface area is 74.7 Å². The molecule has 1 N–H and O–H groups in total. The van der Waals surface area contributed by atoms with Crippen LogP contribution in [0.25, 0.3) is 11.2 Å². The van der Waals surface area contributed by atoms with Gasteiger partial charge in [0, 0.05) is 5.56 Å². The van der Waals surface area contributed by atoms with Crippen LogP contribution in [0.4, 0.5) is 0 Å². The molecule has 2 heterocycles. The molecule has 0 aliphatic carbocycles. The summed E-state index contributed by atoms with van der Waals surface area (Å²) in [6.45, 7) is 3.62. The van der Waals surface area contributed by atoms with Crippen LogP contribution in [0.2, 0.25) is 0 Å². The van der Waals surface area contributed by atoms with E-state index in [4.69, 9.17) is 0 Å². The van der Waals surface area contributed by atoms with Crippen LogP contribution in [-0.4, -0.2) is 15.0 Å². The van der Waals surface area contributed by atoms with Gasteiger partial charge in [-0.15, -0.1) is 0 Å². The molecule has 66 valence electrons. The van der Waals surface area contributed by atoms with Crippen LogP contribution in [-0.2, 0) is 0 Å². The number of fused-ring (bicyclic) bond motifs is 1. The molecule has 0 saturated carbocycles. The van der Waals surface area contributed by atoms with Gasteiger partial charge in [0.2, 0.25) is 0 Å². The van der Waals surface area contributed by atoms with Crippen molar-refractivity contribution in [3.63, 3.8) is 0 Å². The van der Waals surface area contributed by atoms with E-state index in [0.29, 0.717) is 11.2 Å². The Morgan fingerprint density at radius 1 is 1.38 bits per heavy atom. The van der Waals surface area contributed by atoms with Crippen molar-refractivity contribution in [1.82, 2.24) is 15.0 Å². The third kappa shape index (κ3) is 1.30. The Hall–Kier alpha value is -1.71. The maximum atomic E-state index is 11.2. The molecule has 0 radical (unpaired) electrons. The highest BCUT2D eigenvalue weighted by Crippen LogP contribution is 2.04. The number of aromatic nitrogens is 3. The first-order valence-corrected chi connectivity index (χ1v) is 4.00. The van der Waals surface area contributed by atoms with Crippen LogP contribution in [0.3, 0.4) is 0 Å². The summed E-state index contributed by atoms with van der Waals surface area (Å²) in [5, 5.41) is 0.